The molecule has 0 unspecified atom stereocenters. The molecule has 3 N–H and O–H groups in total. The van der Waals surface area contributed by atoms with Crippen molar-refractivity contribution in [3.63, 3.8) is 0 Å². The van der Waals surface area contributed by atoms with Crippen LogP contribution >= 0.6 is 0 Å². The standard InChI is InChI=1S/C20H23N3O3/c1-14-3-2-4-15(11-14)12-23(17-7-8-17)20(25)22-16-5-9-18(10-6-16)26-13-19(21)24/h2-6,9-11,17H,7-8,12-13H2,1H3,(H2,21,24)(H,22,25). The number of carbonyl (C=O) groups excluding carboxylic acids is 2. The van der Waals surface area contributed by atoms with E-state index in [1.165, 1.54) is 5.56 Å². The lowest BCUT2D eigenvalue weighted by molar-refractivity contribution is -0.119. The second-order valence-electron chi connectivity index (χ2n) is 6.56. The summed E-state index contributed by atoms with van der Waals surface area (Å²) in [6.45, 7) is 2.47. The second kappa shape index (κ2) is 7.91. The van der Waals surface area contributed by atoms with Crippen molar-refractivity contribution in [3.05, 3.63) is 59.7 Å². The summed E-state index contributed by atoms with van der Waals surface area (Å²) in [7, 11) is 0. The number of rotatable bonds is 7. The van der Waals surface area contributed by atoms with Gasteiger partial charge >= 0.3 is 6.03 Å². The first kappa shape index (κ1) is 17.8. The summed E-state index contributed by atoms with van der Waals surface area (Å²) in [5.74, 6) is -0.000730. The Morgan fingerprint density at radius 1 is 1.19 bits per heavy atom. The summed E-state index contributed by atoms with van der Waals surface area (Å²) < 4.78 is 5.22. The Morgan fingerprint density at radius 3 is 2.54 bits per heavy atom. The topological polar surface area (TPSA) is 84.7 Å². The number of nitrogens with two attached hydrogens (primary N) is 1. The highest BCUT2D eigenvalue weighted by molar-refractivity contribution is 5.89. The Bertz CT molecular complexity index is 785. The Kier molecular flexibility index (Phi) is 5.41. The van der Waals surface area contributed by atoms with Crippen molar-refractivity contribution in [2.75, 3.05) is 11.9 Å². The zero-order valence-electron chi connectivity index (χ0n) is 14.8. The first-order valence-corrected chi connectivity index (χ1v) is 8.65. The van der Waals surface area contributed by atoms with Gasteiger partial charge in [0.15, 0.2) is 6.61 Å². The van der Waals surface area contributed by atoms with Gasteiger partial charge in [-0.2, -0.15) is 0 Å². The van der Waals surface area contributed by atoms with Gasteiger partial charge in [0, 0.05) is 18.3 Å². The zero-order chi connectivity index (χ0) is 18.5. The maximum atomic E-state index is 12.7. The molecular weight excluding hydrogens is 330 g/mol. The number of anilines is 1. The van der Waals surface area contributed by atoms with Crippen LogP contribution in [0.3, 0.4) is 0 Å². The summed E-state index contributed by atoms with van der Waals surface area (Å²) in [5.41, 5.74) is 8.04. The summed E-state index contributed by atoms with van der Waals surface area (Å²) in [4.78, 5) is 25.3. The van der Waals surface area contributed by atoms with Crippen LogP contribution in [-0.2, 0) is 11.3 Å². The quantitative estimate of drug-likeness (QED) is 0.802. The number of urea groups is 1. The normalized spacial score (nSPS) is 13.1. The molecule has 6 heteroatoms. The Morgan fingerprint density at radius 2 is 1.92 bits per heavy atom. The van der Waals surface area contributed by atoms with E-state index in [-0.39, 0.29) is 12.6 Å². The Hall–Kier alpha value is -3.02. The predicted octanol–water partition coefficient (Wildman–Crippen LogP) is 3.06. The van der Waals surface area contributed by atoms with E-state index in [0.29, 0.717) is 24.0 Å². The van der Waals surface area contributed by atoms with Crippen LogP contribution in [0.15, 0.2) is 48.5 Å². The van der Waals surface area contributed by atoms with Gasteiger partial charge in [-0.15, -0.1) is 0 Å². The number of ether oxygens (including phenoxy) is 1. The molecule has 0 radical (unpaired) electrons. The minimum atomic E-state index is -0.529. The highest BCUT2D eigenvalue weighted by Crippen LogP contribution is 2.29. The zero-order valence-corrected chi connectivity index (χ0v) is 14.8. The number of hydrogen-bond acceptors (Lipinski definition) is 3. The maximum absolute atomic E-state index is 12.7. The fraction of sp³-hybridized carbons (Fsp3) is 0.300. The lowest BCUT2D eigenvalue weighted by Crippen LogP contribution is -2.36. The van der Waals surface area contributed by atoms with Crippen LogP contribution in [0.2, 0.25) is 0 Å². The minimum absolute atomic E-state index is 0.111. The molecule has 0 atom stereocenters. The summed E-state index contributed by atoms with van der Waals surface area (Å²) in [5, 5.41) is 2.93. The number of carbonyl (C=O) groups is 2. The summed E-state index contributed by atoms with van der Waals surface area (Å²) in [6.07, 6.45) is 2.08. The van der Waals surface area contributed by atoms with Gasteiger partial charge in [0.1, 0.15) is 5.75 Å². The number of primary amides is 1. The van der Waals surface area contributed by atoms with Crippen molar-refractivity contribution in [3.8, 4) is 5.75 Å². The van der Waals surface area contributed by atoms with Crippen molar-refractivity contribution in [2.45, 2.75) is 32.4 Å². The van der Waals surface area contributed by atoms with Crippen molar-refractivity contribution in [1.29, 1.82) is 0 Å². The molecular formula is C20H23N3O3. The van der Waals surface area contributed by atoms with Crippen LogP contribution in [0.5, 0.6) is 5.75 Å². The maximum Gasteiger partial charge on any atom is 0.322 e. The molecule has 2 aromatic rings. The highest BCUT2D eigenvalue weighted by atomic mass is 16.5. The van der Waals surface area contributed by atoms with Gasteiger partial charge < -0.3 is 20.7 Å². The highest BCUT2D eigenvalue weighted by Gasteiger charge is 2.32. The molecule has 0 aliphatic heterocycles. The van der Waals surface area contributed by atoms with Gasteiger partial charge in [-0.1, -0.05) is 29.8 Å². The van der Waals surface area contributed by atoms with E-state index in [1.807, 2.05) is 30.0 Å². The molecule has 3 rings (SSSR count). The smallest absolute Gasteiger partial charge is 0.322 e. The molecule has 136 valence electrons. The summed E-state index contributed by atoms with van der Waals surface area (Å²) >= 11 is 0. The van der Waals surface area contributed by atoms with E-state index in [4.69, 9.17) is 10.5 Å². The SMILES string of the molecule is Cc1cccc(CN(C(=O)Nc2ccc(OCC(N)=O)cc2)C2CC2)c1. The molecule has 0 bridgehead atoms. The number of benzene rings is 2. The lowest BCUT2D eigenvalue weighted by Gasteiger charge is -2.23. The van der Waals surface area contributed by atoms with Crippen molar-refractivity contribution < 1.29 is 14.3 Å². The minimum Gasteiger partial charge on any atom is -0.484 e. The monoisotopic (exact) mass is 353 g/mol. The molecule has 0 saturated heterocycles. The van der Waals surface area contributed by atoms with E-state index in [9.17, 15) is 9.59 Å². The molecule has 0 heterocycles. The first-order chi connectivity index (χ1) is 12.5. The van der Waals surface area contributed by atoms with Gasteiger partial charge in [-0.25, -0.2) is 4.79 Å². The fourth-order valence-corrected chi connectivity index (χ4v) is 2.74. The Labute approximate surface area is 152 Å². The number of nitrogens with one attached hydrogen (secondary N) is 1. The second-order valence-corrected chi connectivity index (χ2v) is 6.56. The number of nitrogens with zero attached hydrogens (tertiary/aromatic N) is 1. The van der Waals surface area contributed by atoms with E-state index >= 15 is 0 Å². The number of aryl methyl sites for hydroxylation is 1. The largest absolute Gasteiger partial charge is 0.484 e. The number of hydrogen-bond donors (Lipinski definition) is 2. The first-order valence-electron chi connectivity index (χ1n) is 8.65. The molecule has 0 aromatic heterocycles. The predicted molar refractivity (Wildman–Crippen MR) is 99.9 cm³/mol. The molecule has 1 aliphatic rings. The fourth-order valence-electron chi connectivity index (χ4n) is 2.74. The van der Waals surface area contributed by atoms with Crippen LogP contribution in [0.1, 0.15) is 24.0 Å². The van der Waals surface area contributed by atoms with Crippen molar-refractivity contribution in [2.24, 2.45) is 5.73 Å². The molecule has 0 spiro atoms. The van der Waals surface area contributed by atoms with Gasteiger partial charge in [-0.05, 0) is 49.6 Å². The summed E-state index contributed by atoms with van der Waals surface area (Å²) in [6, 6.07) is 15.3. The molecule has 26 heavy (non-hydrogen) atoms. The van der Waals surface area contributed by atoms with Crippen LogP contribution in [0.4, 0.5) is 10.5 Å². The molecule has 1 aliphatic carbocycles. The molecule has 1 saturated carbocycles. The van der Waals surface area contributed by atoms with Gasteiger partial charge in [0.2, 0.25) is 0 Å². The molecule has 6 nitrogen and oxygen atoms in total. The molecule has 3 amide bonds. The van der Waals surface area contributed by atoms with E-state index in [1.54, 1.807) is 24.3 Å². The number of amides is 3. The molecule has 2 aromatic carbocycles. The van der Waals surface area contributed by atoms with Crippen LogP contribution in [0.25, 0.3) is 0 Å². The average Bonchev–Trinajstić information content (AvgIpc) is 3.44. The molecule has 1 fully saturated rings. The van der Waals surface area contributed by atoms with Gasteiger partial charge in [0.05, 0.1) is 0 Å². The lowest BCUT2D eigenvalue weighted by atomic mass is 10.1. The van der Waals surface area contributed by atoms with Crippen molar-refractivity contribution >= 4 is 17.6 Å². The third-order valence-electron chi connectivity index (χ3n) is 4.17. The van der Waals surface area contributed by atoms with E-state index in [2.05, 4.69) is 11.4 Å². The van der Waals surface area contributed by atoms with Crippen LogP contribution in [0, 0.1) is 6.92 Å². The van der Waals surface area contributed by atoms with Crippen LogP contribution < -0.4 is 15.8 Å². The third kappa shape index (κ3) is 4.99. The van der Waals surface area contributed by atoms with E-state index < -0.39 is 5.91 Å². The van der Waals surface area contributed by atoms with Crippen molar-refractivity contribution in [1.82, 2.24) is 4.90 Å². The van der Waals surface area contributed by atoms with E-state index in [0.717, 1.165) is 18.4 Å². The Balaban J connectivity index is 1.62. The van der Waals surface area contributed by atoms with Gasteiger partial charge in [0.25, 0.3) is 5.91 Å². The van der Waals surface area contributed by atoms with Crippen LogP contribution in [-0.4, -0.2) is 29.5 Å². The average molecular weight is 353 g/mol. The van der Waals surface area contributed by atoms with Gasteiger partial charge in [-0.3, -0.25) is 4.79 Å². The third-order valence-corrected chi connectivity index (χ3v) is 4.17.